The van der Waals surface area contributed by atoms with Crippen LogP contribution in [0.4, 0.5) is 0 Å². The van der Waals surface area contributed by atoms with E-state index in [0.29, 0.717) is 0 Å². The van der Waals surface area contributed by atoms with Gasteiger partial charge in [0.15, 0.2) is 6.61 Å². The van der Waals surface area contributed by atoms with E-state index in [2.05, 4.69) is 26.6 Å². The Kier molecular flexibility index (Phi) is 8.04. The Morgan fingerprint density at radius 3 is 2.65 bits per heavy atom. The molecule has 7 heteroatoms. The molecule has 0 aromatic heterocycles. The van der Waals surface area contributed by atoms with Gasteiger partial charge in [0.25, 0.3) is 5.91 Å². The van der Waals surface area contributed by atoms with Crippen LogP contribution in [0, 0.1) is 0 Å². The Morgan fingerprint density at radius 1 is 1.26 bits per heavy atom. The topological polar surface area (TPSA) is 84.5 Å². The summed E-state index contributed by atoms with van der Waals surface area (Å²) in [7, 11) is 0. The molecule has 0 fully saturated rings. The number of amides is 2. The predicted octanol–water partition coefficient (Wildman–Crippen LogP) is 1.65. The van der Waals surface area contributed by atoms with Crippen molar-refractivity contribution in [3.05, 3.63) is 40.4 Å². The average molecular weight is 383 g/mol. The highest BCUT2D eigenvalue weighted by Crippen LogP contribution is 2.12. The quantitative estimate of drug-likeness (QED) is 0.554. The first-order valence-corrected chi connectivity index (χ1v) is 7.82. The van der Waals surface area contributed by atoms with Crippen molar-refractivity contribution < 1.29 is 19.1 Å². The van der Waals surface area contributed by atoms with E-state index < -0.39 is 18.5 Å². The molecule has 0 aliphatic rings. The summed E-state index contributed by atoms with van der Waals surface area (Å²) in [5.41, 5.74) is 0.825. The highest BCUT2D eigenvalue weighted by molar-refractivity contribution is 9.10. The highest BCUT2D eigenvalue weighted by atomic mass is 79.9. The molecule has 1 aromatic rings. The maximum Gasteiger partial charge on any atom is 0.331 e. The van der Waals surface area contributed by atoms with Gasteiger partial charge < -0.3 is 15.4 Å². The Labute approximate surface area is 143 Å². The van der Waals surface area contributed by atoms with E-state index in [1.54, 1.807) is 6.08 Å². The minimum Gasteiger partial charge on any atom is -0.452 e. The number of rotatable bonds is 7. The van der Waals surface area contributed by atoms with Crippen LogP contribution in [0.2, 0.25) is 0 Å². The summed E-state index contributed by atoms with van der Waals surface area (Å²) in [5, 5.41) is 5.00. The van der Waals surface area contributed by atoms with Crippen molar-refractivity contribution in [3.63, 3.8) is 0 Å². The largest absolute Gasteiger partial charge is 0.452 e. The number of carbonyl (C=O) groups is 3. The molecule has 0 heterocycles. The lowest BCUT2D eigenvalue weighted by molar-refractivity contribution is -0.143. The van der Waals surface area contributed by atoms with Crippen molar-refractivity contribution in [2.24, 2.45) is 0 Å². The van der Waals surface area contributed by atoms with E-state index in [9.17, 15) is 14.4 Å². The molecule has 0 aliphatic carbocycles. The standard InChI is InChI=1S/C16H19BrN2O4/c1-11(2)19-14(20)9-18-15(21)10-23-16(22)7-6-12-4-3-5-13(17)8-12/h3-8,11H,9-10H2,1-2H3,(H,18,21)(H,19,20)/b7-6+. The minimum atomic E-state index is -0.633. The van der Waals surface area contributed by atoms with Gasteiger partial charge in [0.05, 0.1) is 6.54 Å². The Balaban J connectivity index is 2.30. The van der Waals surface area contributed by atoms with Crippen molar-refractivity contribution in [1.82, 2.24) is 10.6 Å². The van der Waals surface area contributed by atoms with Gasteiger partial charge in [-0.25, -0.2) is 4.79 Å². The number of hydrogen-bond acceptors (Lipinski definition) is 4. The predicted molar refractivity (Wildman–Crippen MR) is 90.4 cm³/mol. The summed E-state index contributed by atoms with van der Waals surface area (Å²) in [4.78, 5) is 34.3. The zero-order chi connectivity index (χ0) is 17.2. The molecule has 2 amide bonds. The maximum absolute atomic E-state index is 11.5. The van der Waals surface area contributed by atoms with Crippen molar-refractivity contribution in [1.29, 1.82) is 0 Å². The van der Waals surface area contributed by atoms with E-state index in [1.165, 1.54) is 6.08 Å². The number of halogens is 1. The van der Waals surface area contributed by atoms with Crippen molar-refractivity contribution in [2.45, 2.75) is 19.9 Å². The SMILES string of the molecule is CC(C)NC(=O)CNC(=O)COC(=O)/C=C/c1cccc(Br)c1. The molecule has 6 nitrogen and oxygen atoms in total. The zero-order valence-corrected chi connectivity index (χ0v) is 14.6. The van der Waals surface area contributed by atoms with E-state index in [0.717, 1.165) is 10.0 Å². The number of esters is 1. The molecule has 0 aliphatic heterocycles. The first kappa shape index (κ1) is 18.9. The fourth-order valence-corrected chi connectivity index (χ4v) is 1.98. The van der Waals surface area contributed by atoms with Gasteiger partial charge >= 0.3 is 5.97 Å². The third-order valence-electron chi connectivity index (χ3n) is 2.50. The molecule has 124 valence electrons. The fraction of sp³-hybridized carbons (Fsp3) is 0.312. The Morgan fingerprint density at radius 2 is 2.00 bits per heavy atom. The average Bonchev–Trinajstić information content (AvgIpc) is 2.48. The van der Waals surface area contributed by atoms with E-state index in [-0.39, 0.29) is 18.5 Å². The summed E-state index contributed by atoms with van der Waals surface area (Å²) < 4.78 is 5.68. The molecule has 1 aromatic carbocycles. The van der Waals surface area contributed by atoms with Gasteiger partial charge in [0.2, 0.25) is 5.91 Å². The highest BCUT2D eigenvalue weighted by Gasteiger charge is 2.08. The first-order chi connectivity index (χ1) is 10.9. The molecule has 0 saturated carbocycles. The molecule has 1 rings (SSSR count). The summed E-state index contributed by atoms with van der Waals surface area (Å²) in [6.07, 6.45) is 2.82. The molecular weight excluding hydrogens is 364 g/mol. The third kappa shape index (κ3) is 8.77. The minimum absolute atomic E-state index is 0.000361. The second-order valence-corrected chi connectivity index (χ2v) is 5.91. The van der Waals surface area contributed by atoms with Crippen LogP contribution in [0.25, 0.3) is 6.08 Å². The third-order valence-corrected chi connectivity index (χ3v) is 3.00. The van der Waals surface area contributed by atoms with Crippen LogP contribution in [-0.4, -0.2) is 37.0 Å². The lowest BCUT2D eigenvalue weighted by Gasteiger charge is -2.09. The van der Waals surface area contributed by atoms with Crippen molar-refractivity contribution in [3.8, 4) is 0 Å². The molecule has 0 saturated heterocycles. The van der Waals surface area contributed by atoms with Crippen LogP contribution in [-0.2, 0) is 19.1 Å². The van der Waals surface area contributed by atoms with Crippen LogP contribution in [0.5, 0.6) is 0 Å². The van der Waals surface area contributed by atoms with Crippen molar-refractivity contribution >= 4 is 39.8 Å². The monoisotopic (exact) mass is 382 g/mol. The lowest BCUT2D eigenvalue weighted by Crippen LogP contribution is -2.41. The molecular formula is C16H19BrN2O4. The van der Waals surface area contributed by atoms with Gasteiger partial charge in [-0.3, -0.25) is 9.59 Å². The Bertz CT molecular complexity index is 599. The van der Waals surface area contributed by atoms with Gasteiger partial charge in [-0.1, -0.05) is 28.1 Å². The van der Waals surface area contributed by atoms with Crippen LogP contribution >= 0.6 is 15.9 Å². The molecule has 0 unspecified atom stereocenters. The van der Waals surface area contributed by atoms with Gasteiger partial charge in [0.1, 0.15) is 0 Å². The second-order valence-electron chi connectivity index (χ2n) is 4.99. The summed E-state index contributed by atoms with van der Waals surface area (Å²) in [5.74, 6) is -1.46. The zero-order valence-electron chi connectivity index (χ0n) is 13.0. The summed E-state index contributed by atoms with van der Waals surface area (Å²) in [6, 6.07) is 7.37. The number of carbonyl (C=O) groups excluding carboxylic acids is 3. The van der Waals surface area contributed by atoms with Crippen LogP contribution < -0.4 is 10.6 Å². The number of benzene rings is 1. The second kappa shape index (κ2) is 9.78. The number of ether oxygens (including phenoxy) is 1. The van der Waals surface area contributed by atoms with Gasteiger partial charge in [-0.2, -0.15) is 0 Å². The molecule has 0 radical (unpaired) electrons. The van der Waals surface area contributed by atoms with E-state index in [1.807, 2.05) is 38.1 Å². The fourth-order valence-electron chi connectivity index (χ4n) is 1.56. The van der Waals surface area contributed by atoms with Gasteiger partial charge in [-0.15, -0.1) is 0 Å². The summed E-state index contributed by atoms with van der Waals surface area (Å²) in [6.45, 7) is 3.05. The molecule has 23 heavy (non-hydrogen) atoms. The molecule has 0 atom stereocenters. The first-order valence-electron chi connectivity index (χ1n) is 7.03. The van der Waals surface area contributed by atoms with Crippen LogP contribution in [0.15, 0.2) is 34.8 Å². The van der Waals surface area contributed by atoms with E-state index in [4.69, 9.17) is 4.74 Å². The number of hydrogen-bond donors (Lipinski definition) is 2. The van der Waals surface area contributed by atoms with Crippen LogP contribution in [0.3, 0.4) is 0 Å². The number of nitrogens with one attached hydrogen (secondary N) is 2. The molecule has 0 spiro atoms. The van der Waals surface area contributed by atoms with Crippen LogP contribution in [0.1, 0.15) is 19.4 Å². The van der Waals surface area contributed by atoms with E-state index >= 15 is 0 Å². The van der Waals surface area contributed by atoms with Crippen molar-refractivity contribution in [2.75, 3.05) is 13.2 Å². The molecule has 2 N–H and O–H groups in total. The van der Waals surface area contributed by atoms with Gasteiger partial charge in [-0.05, 0) is 37.6 Å². The molecule has 0 bridgehead atoms. The smallest absolute Gasteiger partial charge is 0.331 e. The van der Waals surface area contributed by atoms with Gasteiger partial charge in [0, 0.05) is 16.6 Å². The Hall–Kier alpha value is -2.15. The summed E-state index contributed by atoms with van der Waals surface area (Å²) >= 11 is 3.33. The maximum atomic E-state index is 11.5. The lowest BCUT2D eigenvalue weighted by atomic mass is 10.2. The normalized spacial score (nSPS) is 10.6.